The van der Waals surface area contributed by atoms with Crippen molar-refractivity contribution in [3.8, 4) is 0 Å². The zero-order valence-corrected chi connectivity index (χ0v) is 10.1. The molecule has 0 N–H and O–H groups in total. The highest BCUT2D eigenvalue weighted by molar-refractivity contribution is 5.85. The minimum Gasteiger partial charge on any atom is -0.465 e. The minimum absolute atomic E-state index is 0.0857. The van der Waals surface area contributed by atoms with E-state index in [1.165, 1.54) is 0 Å². The molecule has 16 heavy (non-hydrogen) atoms. The molecule has 1 heterocycles. The third kappa shape index (κ3) is 1.53. The van der Waals surface area contributed by atoms with Gasteiger partial charge in [0.15, 0.2) is 0 Å². The Morgan fingerprint density at radius 2 is 1.94 bits per heavy atom. The molecule has 2 rings (SSSR count). The second-order valence-electron chi connectivity index (χ2n) is 5.02. The van der Waals surface area contributed by atoms with Crippen LogP contribution in [-0.4, -0.2) is 12.6 Å². The molecule has 1 aliphatic rings. The highest BCUT2D eigenvalue weighted by atomic mass is 16.5. The predicted molar refractivity (Wildman–Crippen MR) is 63.1 cm³/mol. The van der Waals surface area contributed by atoms with E-state index in [0.717, 1.165) is 5.56 Å². The van der Waals surface area contributed by atoms with Gasteiger partial charge in [0.25, 0.3) is 0 Å². The summed E-state index contributed by atoms with van der Waals surface area (Å²) in [6.45, 7) is 6.84. The lowest BCUT2D eigenvalue weighted by molar-refractivity contribution is -0.142. The van der Waals surface area contributed by atoms with E-state index < -0.39 is 5.41 Å². The summed E-state index contributed by atoms with van der Waals surface area (Å²) >= 11 is 0. The molecule has 0 amide bonds. The number of carbonyl (C=O) groups is 1. The van der Waals surface area contributed by atoms with E-state index in [-0.39, 0.29) is 11.9 Å². The topological polar surface area (TPSA) is 26.3 Å². The van der Waals surface area contributed by atoms with Gasteiger partial charge in [-0.15, -0.1) is 0 Å². The first kappa shape index (κ1) is 11.2. The molecule has 1 aliphatic heterocycles. The predicted octanol–water partition coefficient (Wildman–Crippen LogP) is 2.77. The fourth-order valence-electron chi connectivity index (χ4n) is 2.61. The maximum atomic E-state index is 12.0. The van der Waals surface area contributed by atoms with Gasteiger partial charge in [0.05, 0.1) is 12.0 Å². The number of carbonyl (C=O) groups excluding carboxylic acids is 1. The van der Waals surface area contributed by atoms with Gasteiger partial charge in [-0.3, -0.25) is 4.79 Å². The Hall–Kier alpha value is -1.31. The van der Waals surface area contributed by atoms with Crippen molar-refractivity contribution in [2.45, 2.75) is 26.2 Å². The normalized spacial score (nSPS) is 29.5. The lowest BCUT2D eigenvalue weighted by Crippen LogP contribution is -2.37. The SMILES string of the molecule is CC(C)[C@@H]1COC(=O)[C@@]1(C)c1ccccc1. The van der Waals surface area contributed by atoms with Gasteiger partial charge >= 0.3 is 5.97 Å². The molecule has 1 aromatic rings. The van der Waals surface area contributed by atoms with Gasteiger partial charge in [0.1, 0.15) is 0 Å². The summed E-state index contributed by atoms with van der Waals surface area (Å²) in [5, 5.41) is 0. The summed E-state index contributed by atoms with van der Waals surface area (Å²) in [6.07, 6.45) is 0. The van der Waals surface area contributed by atoms with Crippen molar-refractivity contribution < 1.29 is 9.53 Å². The molecule has 1 saturated heterocycles. The first-order valence-electron chi connectivity index (χ1n) is 5.79. The molecule has 1 aromatic carbocycles. The number of hydrogen-bond acceptors (Lipinski definition) is 2. The van der Waals surface area contributed by atoms with Crippen LogP contribution in [0.5, 0.6) is 0 Å². The molecule has 1 fully saturated rings. The molecular weight excluding hydrogens is 200 g/mol. The molecule has 0 aromatic heterocycles. The molecule has 0 aliphatic carbocycles. The van der Waals surface area contributed by atoms with Crippen molar-refractivity contribution in [1.82, 2.24) is 0 Å². The maximum Gasteiger partial charge on any atom is 0.316 e. The average Bonchev–Trinajstić information content (AvgIpc) is 2.58. The summed E-state index contributed by atoms with van der Waals surface area (Å²) in [5.41, 5.74) is 0.589. The number of hydrogen-bond donors (Lipinski definition) is 0. The van der Waals surface area contributed by atoms with Gasteiger partial charge in [0.2, 0.25) is 0 Å². The summed E-state index contributed by atoms with van der Waals surface area (Å²) < 4.78 is 5.26. The molecule has 2 nitrogen and oxygen atoms in total. The molecule has 2 atom stereocenters. The van der Waals surface area contributed by atoms with E-state index in [1.54, 1.807) is 0 Å². The van der Waals surface area contributed by atoms with E-state index in [9.17, 15) is 4.79 Å². The Morgan fingerprint density at radius 3 is 2.50 bits per heavy atom. The second-order valence-corrected chi connectivity index (χ2v) is 5.02. The van der Waals surface area contributed by atoms with Crippen LogP contribution in [0.25, 0.3) is 0 Å². The second kappa shape index (κ2) is 3.93. The van der Waals surface area contributed by atoms with Crippen LogP contribution < -0.4 is 0 Å². The zero-order chi connectivity index (χ0) is 11.8. The van der Waals surface area contributed by atoms with Crippen molar-refractivity contribution in [2.75, 3.05) is 6.61 Å². The van der Waals surface area contributed by atoms with E-state index in [4.69, 9.17) is 4.74 Å². The Morgan fingerprint density at radius 1 is 1.31 bits per heavy atom. The lowest BCUT2D eigenvalue weighted by atomic mass is 9.69. The van der Waals surface area contributed by atoms with E-state index in [1.807, 2.05) is 37.3 Å². The zero-order valence-electron chi connectivity index (χ0n) is 10.1. The van der Waals surface area contributed by atoms with Crippen LogP contribution in [0.1, 0.15) is 26.3 Å². The van der Waals surface area contributed by atoms with Gasteiger partial charge < -0.3 is 4.74 Å². The van der Waals surface area contributed by atoms with Crippen LogP contribution >= 0.6 is 0 Å². The van der Waals surface area contributed by atoms with Gasteiger partial charge in [-0.2, -0.15) is 0 Å². The van der Waals surface area contributed by atoms with Crippen LogP contribution in [0.3, 0.4) is 0 Å². The highest BCUT2D eigenvalue weighted by Crippen LogP contribution is 2.42. The molecule has 2 heteroatoms. The molecule has 0 radical (unpaired) electrons. The van der Waals surface area contributed by atoms with Crippen LogP contribution in [0.2, 0.25) is 0 Å². The Bertz CT molecular complexity index is 383. The number of esters is 1. The van der Waals surface area contributed by atoms with Gasteiger partial charge in [0, 0.05) is 5.92 Å². The Balaban J connectivity index is 2.45. The summed E-state index contributed by atoms with van der Waals surface area (Å²) in [5.74, 6) is 0.622. The third-order valence-electron chi connectivity index (χ3n) is 3.74. The van der Waals surface area contributed by atoms with Crippen molar-refractivity contribution in [1.29, 1.82) is 0 Å². The van der Waals surface area contributed by atoms with Crippen molar-refractivity contribution >= 4 is 5.97 Å². The number of ether oxygens (including phenoxy) is 1. The number of cyclic esters (lactones) is 1. The van der Waals surface area contributed by atoms with E-state index in [0.29, 0.717) is 12.5 Å². The molecule has 0 saturated carbocycles. The molecule has 0 bridgehead atoms. The maximum absolute atomic E-state index is 12.0. The van der Waals surface area contributed by atoms with Gasteiger partial charge in [-0.25, -0.2) is 0 Å². The van der Waals surface area contributed by atoms with Crippen LogP contribution in [0.15, 0.2) is 30.3 Å². The molecule has 0 spiro atoms. The number of benzene rings is 1. The van der Waals surface area contributed by atoms with Crippen molar-refractivity contribution in [2.24, 2.45) is 11.8 Å². The van der Waals surface area contributed by atoms with Gasteiger partial charge in [-0.1, -0.05) is 44.2 Å². The summed E-state index contributed by atoms with van der Waals surface area (Å²) in [7, 11) is 0. The minimum atomic E-state index is -0.477. The van der Waals surface area contributed by atoms with E-state index >= 15 is 0 Å². The summed E-state index contributed by atoms with van der Waals surface area (Å²) in [4.78, 5) is 12.0. The monoisotopic (exact) mass is 218 g/mol. The fraction of sp³-hybridized carbons (Fsp3) is 0.500. The Kier molecular flexibility index (Phi) is 2.75. The third-order valence-corrected chi connectivity index (χ3v) is 3.74. The molecule has 0 unspecified atom stereocenters. The first-order valence-corrected chi connectivity index (χ1v) is 5.79. The fourth-order valence-corrected chi connectivity index (χ4v) is 2.61. The van der Waals surface area contributed by atoms with Crippen molar-refractivity contribution in [3.63, 3.8) is 0 Å². The quantitative estimate of drug-likeness (QED) is 0.713. The van der Waals surface area contributed by atoms with Gasteiger partial charge in [-0.05, 0) is 18.4 Å². The Labute approximate surface area is 96.6 Å². The number of rotatable bonds is 2. The van der Waals surface area contributed by atoms with Crippen LogP contribution in [-0.2, 0) is 14.9 Å². The molecular formula is C14H18O2. The van der Waals surface area contributed by atoms with Crippen LogP contribution in [0.4, 0.5) is 0 Å². The standard InChI is InChI=1S/C14H18O2/c1-10(2)12-9-16-13(15)14(12,3)11-7-5-4-6-8-11/h4-8,10,12H,9H2,1-3H3/t12-,14-/m0/s1. The molecule has 86 valence electrons. The van der Waals surface area contributed by atoms with Crippen molar-refractivity contribution in [3.05, 3.63) is 35.9 Å². The average molecular weight is 218 g/mol. The smallest absolute Gasteiger partial charge is 0.316 e. The highest BCUT2D eigenvalue weighted by Gasteiger charge is 2.50. The van der Waals surface area contributed by atoms with Crippen LogP contribution in [0, 0.1) is 11.8 Å². The van der Waals surface area contributed by atoms with E-state index in [2.05, 4.69) is 13.8 Å². The lowest BCUT2D eigenvalue weighted by Gasteiger charge is -2.29. The first-order chi connectivity index (χ1) is 7.56. The summed E-state index contributed by atoms with van der Waals surface area (Å²) in [6, 6.07) is 9.95. The largest absolute Gasteiger partial charge is 0.465 e.